The van der Waals surface area contributed by atoms with Crippen LogP contribution < -0.4 is 10.4 Å². The highest BCUT2D eigenvalue weighted by atomic mass is 28.4. The van der Waals surface area contributed by atoms with Crippen molar-refractivity contribution in [3.05, 3.63) is 109 Å². The third-order valence-corrected chi connectivity index (χ3v) is 11.7. The molecule has 0 N–H and O–H groups in total. The van der Waals surface area contributed by atoms with Crippen molar-refractivity contribution in [2.45, 2.75) is 58.6 Å². The zero-order valence-corrected chi connectivity index (χ0v) is 23.3. The van der Waals surface area contributed by atoms with Crippen LogP contribution in [0, 0.1) is 5.92 Å². The van der Waals surface area contributed by atoms with Crippen LogP contribution in [0.2, 0.25) is 5.04 Å². The van der Waals surface area contributed by atoms with Crippen molar-refractivity contribution in [2.24, 2.45) is 5.92 Å². The molecule has 3 rings (SSSR count). The minimum Gasteiger partial charge on any atom is -0.462 e. The Morgan fingerprint density at radius 1 is 0.861 bits per heavy atom. The van der Waals surface area contributed by atoms with Gasteiger partial charge in [-0.2, -0.15) is 0 Å². The normalized spacial score (nSPS) is 13.9. The molecule has 2 atom stereocenters. The SMILES string of the molecule is CC/C=C/[C@@H](O[Si](c1ccccc1)(c1ccccc1)C(C)(C)C)[C@@H](C)CCOC(=O)c1ccccc1. The van der Waals surface area contributed by atoms with Crippen LogP contribution in [0.15, 0.2) is 103 Å². The van der Waals surface area contributed by atoms with Crippen molar-refractivity contribution in [3.8, 4) is 0 Å². The maximum atomic E-state index is 12.4. The average molecular weight is 501 g/mol. The Hall–Kier alpha value is -2.95. The fourth-order valence-electron chi connectivity index (χ4n) is 4.67. The van der Waals surface area contributed by atoms with Gasteiger partial charge in [-0.25, -0.2) is 4.79 Å². The van der Waals surface area contributed by atoms with Crippen molar-refractivity contribution in [1.29, 1.82) is 0 Å². The summed E-state index contributed by atoms with van der Waals surface area (Å²) in [6.07, 6.45) is 5.95. The van der Waals surface area contributed by atoms with E-state index in [2.05, 4.69) is 107 Å². The van der Waals surface area contributed by atoms with E-state index in [1.54, 1.807) is 12.1 Å². The van der Waals surface area contributed by atoms with Gasteiger partial charge in [-0.1, -0.05) is 126 Å². The zero-order valence-electron chi connectivity index (χ0n) is 22.3. The Bertz CT molecular complexity index is 1050. The van der Waals surface area contributed by atoms with Gasteiger partial charge in [0.05, 0.1) is 18.3 Å². The van der Waals surface area contributed by atoms with Crippen LogP contribution in [-0.4, -0.2) is 27.0 Å². The summed E-state index contributed by atoms with van der Waals surface area (Å²) in [5.74, 6) is -0.116. The lowest BCUT2D eigenvalue weighted by Gasteiger charge is -2.45. The summed E-state index contributed by atoms with van der Waals surface area (Å²) in [5, 5.41) is 2.43. The molecule has 0 aliphatic heterocycles. The Morgan fingerprint density at radius 3 is 1.83 bits per heavy atom. The minimum absolute atomic E-state index is 0.104. The molecule has 4 heteroatoms. The Kier molecular flexibility index (Phi) is 9.86. The third-order valence-electron chi connectivity index (χ3n) is 6.67. The van der Waals surface area contributed by atoms with Crippen LogP contribution in [0.25, 0.3) is 0 Å². The third kappa shape index (κ3) is 6.62. The molecular formula is C32H40O3Si. The molecule has 0 amide bonds. The standard InChI is InChI=1S/C32H40O3Si/c1-6-7-23-30(26(2)24-25-34-31(33)27-17-11-8-12-18-27)35-36(32(3,4)5,28-19-13-9-14-20-28)29-21-15-10-16-22-29/h7-23,26,30H,6,24-25H2,1-5H3/b23-7+/t26-,30+/m0/s1. The molecule has 0 saturated carbocycles. The van der Waals surface area contributed by atoms with Crippen LogP contribution in [0.4, 0.5) is 0 Å². The maximum absolute atomic E-state index is 12.4. The summed E-state index contributed by atoms with van der Waals surface area (Å²) in [6, 6.07) is 30.6. The van der Waals surface area contributed by atoms with Crippen molar-refractivity contribution in [1.82, 2.24) is 0 Å². The van der Waals surface area contributed by atoms with Gasteiger partial charge in [0, 0.05) is 0 Å². The predicted molar refractivity (Wildman–Crippen MR) is 152 cm³/mol. The first-order valence-corrected chi connectivity index (χ1v) is 14.9. The summed E-state index contributed by atoms with van der Waals surface area (Å²) in [6.45, 7) is 11.6. The molecule has 0 aliphatic rings. The van der Waals surface area contributed by atoms with Crippen LogP contribution in [0.5, 0.6) is 0 Å². The largest absolute Gasteiger partial charge is 0.462 e. The maximum Gasteiger partial charge on any atom is 0.338 e. The van der Waals surface area contributed by atoms with Gasteiger partial charge in [0.25, 0.3) is 8.32 Å². The van der Waals surface area contributed by atoms with E-state index < -0.39 is 8.32 Å². The molecule has 0 heterocycles. The zero-order chi connectivity index (χ0) is 26.0. The summed E-state index contributed by atoms with van der Waals surface area (Å²) >= 11 is 0. The molecule has 3 aromatic carbocycles. The Morgan fingerprint density at radius 2 is 1.36 bits per heavy atom. The number of rotatable bonds is 11. The number of allylic oxidation sites excluding steroid dienone is 1. The molecule has 36 heavy (non-hydrogen) atoms. The van der Waals surface area contributed by atoms with E-state index >= 15 is 0 Å². The van der Waals surface area contributed by atoms with E-state index in [9.17, 15) is 4.79 Å². The number of esters is 1. The quantitative estimate of drug-likeness (QED) is 0.165. The summed E-state index contributed by atoms with van der Waals surface area (Å²) in [4.78, 5) is 12.4. The van der Waals surface area contributed by atoms with Gasteiger partial charge in [-0.15, -0.1) is 0 Å². The van der Waals surface area contributed by atoms with E-state index in [0.717, 1.165) is 12.8 Å². The fraction of sp³-hybridized carbons (Fsp3) is 0.344. The Labute approximate surface area is 218 Å². The van der Waals surface area contributed by atoms with Crippen molar-refractivity contribution >= 4 is 24.7 Å². The predicted octanol–water partition coefficient (Wildman–Crippen LogP) is 6.78. The number of carbonyl (C=O) groups is 1. The van der Waals surface area contributed by atoms with E-state index in [4.69, 9.17) is 9.16 Å². The molecular weight excluding hydrogens is 460 g/mol. The first-order chi connectivity index (χ1) is 17.3. The first kappa shape index (κ1) is 27.6. The van der Waals surface area contributed by atoms with Gasteiger partial charge in [-0.3, -0.25) is 0 Å². The molecule has 0 unspecified atom stereocenters. The highest BCUT2D eigenvalue weighted by molar-refractivity contribution is 6.99. The molecule has 0 radical (unpaired) electrons. The summed E-state index contributed by atoms with van der Waals surface area (Å²) in [5.41, 5.74) is 0.580. The summed E-state index contributed by atoms with van der Waals surface area (Å²) < 4.78 is 13.0. The molecule has 0 aliphatic carbocycles. The monoisotopic (exact) mass is 500 g/mol. The van der Waals surface area contributed by atoms with Crippen molar-refractivity contribution in [3.63, 3.8) is 0 Å². The minimum atomic E-state index is -2.70. The molecule has 0 bridgehead atoms. The van der Waals surface area contributed by atoms with E-state index in [0.29, 0.717) is 12.2 Å². The average Bonchev–Trinajstić information content (AvgIpc) is 2.89. The van der Waals surface area contributed by atoms with Crippen molar-refractivity contribution < 1.29 is 14.0 Å². The molecule has 0 fully saturated rings. The smallest absolute Gasteiger partial charge is 0.338 e. The second kappa shape index (κ2) is 12.8. The highest BCUT2D eigenvalue weighted by Gasteiger charge is 2.51. The van der Waals surface area contributed by atoms with Gasteiger partial charge >= 0.3 is 5.97 Å². The number of hydrogen-bond donors (Lipinski definition) is 0. The highest BCUT2D eigenvalue weighted by Crippen LogP contribution is 2.38. The number of carbonyl (C=O) groups excluding carboxylic acids is 1. The second-order valence-electron chi connectivity index (χ2n) is 10.4. The molecule has 0 saturated heterocycles. The number of ether oxygens (including phenoxy) is 1. The van der Waals surface area contributed by atoms with Gasteiger partial charge in [-0.05, 0) is 46.3 Å². The van der Waals surface area contributed by atoms with Gasteiger partial charge < -0.3 is 9.16 Å². The lowest BCUT2D eigenvalue weighted by molar-refractivity contribution is 0.0457. The number of hydrogen-bond acceptors (Lipinski definition) is 3. The van der Waals surface area contributed by atoms with Crippen LogP contribution in [0.1, 0.15) is 57.8 Å². The number of benzene rings is 3. The van der Waals surface area contributed by atoms with E-state index in [1.807, 2.05) is 18.2 Å². The van der Waals surface area contributed by atoms with Gasteiger partial charge in [0.15, 0.2) is 0 Å². The molecule has 0 spiro atoms. The van der Waals surface area contributed by atoms with Crippen LogP contribution in [-0.2, 0) is 9.16 Å². The first-order valence-electron chi connectivity index (χ1n) is 13.0. The topological polar surface area (TPSA) is 35.5 Å². The Balaban J connectivity index is 1.90. The lowest BCUT2D eigenvalue weighted by Crippen LogP contribution is -2.68. The van der Waals surface area contributed by atoms with Gasteiger partial charge in [0.1, 0.15) is 0 Å². The summed E-state index contributed by atoms with van der Waals surface area (Å²) in [7, 11) is -2.70. The van der Waals surface area contributed by atoms with Crippen LogP contribution in [0.3, 0.4) is 0 Å². The lowest BCUT2D eigenvalue weighted by atomic mass is 10.0. The van der Waals surface area contributed by atoms with E-state index in [-0.39, 0.29) is 23.0 Å². The molecule has 3 aromatic rings. The van der Waals surface area contributed by atoms with E-state index in [1.165, 1.54) is 10.4 Å². The molecule has 190 valence electrons. The molecule has 0 aromatic heterocycles. The second-order valence-corrected chi connectivity index (χ2v) is 14.6. The van der Waals surface area contributed by atoms with Gasteiger partial charge in [0.2, 0.25) is 0 Å². The molecule has 3 nitrogen and oxygen atoms in total. The fourth-order valence-corrected chi connectivity index (χ4v) is 9.40. The van der Waals surface area contributed by atoms with Crippen molar-refractivity contribution in [2.75, 3.05) is 6.61 Å². The van der Waals surface area contributed by atoms with Crippen LogP contribution >= 0.6 is 0 Å².